The van der Waals surface area contributed by atoms with E-state index >= 15 is 0 Å². The fourth-order valence-corrected chi connectivity index (χ4v) is 3.00. The summed E-state index contributed by atoms with van der Waals surface area (Å²) in [4.78, 5) is 16.9. The summed E-state index contributed by atoms with van der Waals surface area (Å²) in [5.41, 5.74) is 3.55. The number of benzene rings is 1. The second-order valence-electron chi connectivity index (χ2n) is 6.82. The summed E-state index contributed by atoms with van der Waals surface area (Å²) in [5, 5.41) is 12.3. The molecule has 1 saturated heterocycles. The zero-order valence-corrected chi connectivity index (χ0v) is 15.2. The number of nitrogens with zero attached hydrogens (tertiary/aromatic N) is 2. The van der Waals surface area contributed by atoms with Crippen molar-refractivity contribution in [2.75, 3.05) is 13.2 Å². The standard InChI is InChI=1S/C21H23N3O2/c1-14(2)19-10-9-17(12-22)20(24-19)15-5-7-16(8-6-15)21(25)23-13-18-4-3-11-26-18/h5-10,14,18H,3-4,11,13H2,1-2H3,(H,23,25). The molecule has 2 aromatic rings. The first-order chi connectivity index (χ1) is 12.6. The van der Waals surface area contributed by atoms with Crippen molar-refractivity contribution in [3.63, 3.8) is 0 Å². The highest BCUT2D eigenvalue weighted by Gasteiger charge is 2.17. The Morgan fingerprint density at radius 1 is 1.31 bits per heavy atom. The van der Waals surface area contributed by atoms with Crippen LogP contribution >= 0.6 is 0 Å². The fraction of sp³-hybridized carbons (Fsp3) is 0.381. The van der Waals surface area contributed by atoms with Gasteiger partial charge in [0, 0.05) is 30.0 Å². The highest BCUT2D eigenvalue weighted by atomic mass is 16.5. The Morgan fingerprint density at radius 3 is 2.69 bits per heavy atom. The third-order valence-electron chi connectivity index (χ3n) is 4.56. The summed E-state index contributed by atoms with van der Waals surface area (Å²) in [7, 11) is 0. The average molecular weight is 349 g/mol. The van der Waals surface area contributed by atoms with Gasteiger partial charge in [-0.3, -0.25) is 9.78 Å². The zero-order valence-electron chi connectivity index (χ0n) is 15.2. The van der Waals surface area contributed by atoms with Gasteiger partial charge in [-0.05, 0) is 43.0 Å². The van der Waals surface area contributed by atoms with Gasteiger partial charge in [-0.15, -0.1) is 0 Å². The quantitative estimate of drug-likeness (QED) is 0.894. The molecule has 26 heavy (non-hydrogen) atoms. The molecule has 134 valence electrons. The summed E-state index contributed by atoms with van der Waals surface area (Å²) < 4.78 is 5.52. The lowest BCUT2D eigenvalue weighted by Gasteiger charge is -2.12. The molecular formula is C21H23N3O2. The highest BCUT2D eigenvalue weighted by Crippen LogP contribution is 2.24. The van der Waals surface area contributed by atoms with Gasteiger partial charge in [0.1, 0.15) is 6.07 Å². The first-order valence-corrected chi connectivity index (χ1v) is 8.99. The number of rotatable bonds is 5. The lowest BCUT2D eigenvalue weighted by molar-refractivity contribution is 0.0858. The van der Waals surface area contributed by atoms with Crippen LogP contribution < -0.4 is 5.32 Å². The van der Waals surface area contributed by atoms with Crippen molar-refractivity contribution in [2.24, 2.45) is 0 Å². The van der Waals surface area contributed by atoms with E-state index in [0.717, 1.165) is 30.7 Å². The number of hydrogen-bond acceptors (Lipinski definition) is 4. The van der Waals surface area contributed by atoms with Crippen LogP contribution in [0.15, 0.2) is 36.4 Å². The van der Waals surface area contributed by atoms with Gasteiger partial charge in [0.15, 0.2) is 0 Å². The Labute approximate surface area is 154 Å². The van der Waals surface area contributed by atoms with Crippen LogP contribution in [-0.4, -0.2) is 30.1 Å². The minimum absolute atomic E-state index is 0.114. The Balaban J connectivity index is 1.75. The van der Waals surface area contributed by atoms with Gasteiger partial charge < -0.3 is 10.1 Å². The molecule has 1 aromatic carbocycles. The summed E-state index contributed by atoms with van der Waals surface area (Å²) >= 11 is 0. The number of carbonyl (C=O) groups is 1. The molecule has 1 amide bonds. The smallest absolute Gasteiger partial charge is 0.251 e. The van der Waals surface area contributed by atoms with Crippen LogP contribution in [0.1, 0.15) is 54.2 Å². The van der Waals surface area contributed by atoms with Crippen molar-refractivity contribution in [1.82, 2.24) is 10.3 Å². The number of amides is 1. The first-order valence-electron chi connectivity index (χ1n) is 8.99. The molecule has 0 bridgehead atoms. The highest BCUT2D eigenvalue weighted by molar-refractivity contribution is 5.94. The van der Waals surface area contributed by atoms with E-state index in [0.29, 0.717) is 23.4 Å². The van der Waals surface area contributed by atoms with E-state index < -0.39 is 0 Å². The van der Waals surface area contributed by atoms with Crippen molar-refractivity contribution in [3.8, 4) is 17.3 Å². The Bertz CT molecular complexity index is 816. The van der Waals surface area contributed by atoms with Crippen molar-refractivity contribution in [1.29, 1.82) is 5.26 Å². The predicted molar refractivity (Wildman–Crippen MR) is 99.8 cm³/mol. The number of pyridine rings is 1. The molecule has 3 rings (SSSR count). The van der Waals surface area contributed by atoms with Crippen LogP contribution in [0.3, 0.4) is 0 Å². The molecule has 0 saturated carbocycles. The molecular weight excluding hydrogens is 326 g/mol. The molecule has 1 N–H and O–H groups in total. The molecule has 5 nitrogen and oxygen atoms in total. The van der Waals surface area contributed by atoms with Crippen LogP contribution in [0.2, 0.25) is 0 Å². The molecule has 1 fully saturated rings. The van der Waals surface area contributed by atoms with E-state index in [1.807, 2.05) is 18.2 Å². The van der Waals surface area contributed by atoms with Crippen molar-refractivity contribution >= 4 is 5.91 Å². The minimum Gasteiger partial charge on any atom is -0.376 e. The fourth-order valence-electron chi connectivity index (χ4n) is 3.00. The lowest BCUT2D eigenvalue weighted by Crippen LogP contribution is -2.31. The second-order valence-corrected chi connectivity index (χ2v) is 6.82. The molecule has 1 aliphatic rings. The third kappa shape index (κ3) is 4.09. The third-order valence-corrected chi connectivity index (χ3v) is 4.56. The Morgan fingerprint density at radius 2 is 2.08 bits per heavy atom. The monoisotopic (exact) mass is 349 g/mol. The van der Waals surface area contributed by atoms with Crippen molar-refractivity contribution in [3.05, 3.63) is 53.2 Å². The van der Waals surface area contributed by atoms with Gasteiger partial charge in [0.25, 0.3) is 5.91 Å². The number of aromatic nitrogens is 1. The van der Waals surface area contributed by atoms with E-state index in [1.165, 1.54) is 0 Å². The molecule has 5 heteroatoms. The average Bonchev–Trinajstić information content (AvgIpc) is 3.19. The second kappa shape index (κ2) is 8.11. The summed E-state index contributed by atoms with van der Waals surface area (Å²) in [6, 6.07) is 13.1. The summed E-state index contributed by atoms with van der Waals surface area (Å²) in [6.45, 7) is 5.45. The van der Waals surface area contributed by atoms with E-state index in [-0.39, 0.29) is 17.9 Å². The van der Waals surface area contributed by atoms with Crippen LogP contribution in [0.25, 0.3) is 11.3 Å². The van der Waals surface area contributed by atoms with Gasteiger partial charge in [-0.25, -0.2) is 0 Å². The van der Waals surface area contributed by atoms with E-state index in [2.05, 4.69) is 30.2 Å². The van der Waals surface area contributed by atoms with Crippen LogP contribution in [0.4, 0.5) is 0 Å². The van der Waals surface area contributed by atoms with E-state index in [1.54, 1.807) is 18.2 Å². The number of ether oxygens (including phenoxy) is 1. The van der Waals surface area contributed by atoms with Crippen molar-refractivity contribution < 1.29 is 9.53 Å². The lowest BCUT2D eigenvalue weighted by atomic mass is 10.0. The van der Waals surface area contributed by atoms with Gasteiger partial charge in [0.05, 0.1) is 17.4 Å². The maximum absolute atomic E-state index is 12.3. The zero-order chi connectivity index (χ0) is 18.5. The maximum atomic E-state index is 12.3. The molecule has 1 atom stereocenters. The molecule has 0 aliphatic carbocycles. The largest absolute Gasteiger partial charge is 0.376 e. The number of carbonyl (C=O) groups excluding carboxylic acids is 1. The van der Waals surface area contributed by atoms with Crippen molar-refractivity contribution in [2.45, 2.75) is 38.7 Å². The topological polar surface area (TPSA) is 75.0 Å². The summed E-state index contributed by atoms with van der Waals surface area (Å²) in [5.74, 6) is 0.167. The maximum Gasteiger partial charge on any atom is 0.251 e. The van der Waals surface area contributed by atoms with E-state index in [4.69, 9.17) is 4.74 Å². The van der Waals surface area contributed by atoms with Crippen LogP contribution in [0, 0.1) is 11.3 Å². The number of hydrogen-bond donors (Lipinski definition) is 1. The molecule has 1 aliphatic heterocycles. The molecule has 1 unspecified atom stereocenters. The Hall–Kier alpha value is -2.71. The van der Waals surface area contributed by atoms with Gasteiger partial charge in [0.2, 0.25) is 0 Å². The van der Waals surface area contributed by atoms with Gasteiger partial charge >= 0.3 is 0 Å². The predicted octanol–water partition coefficient (Wildman–Crippen LogP) is 3.65. The SMILES string of the molecule is CC(C)c1ccc(C#N)c(-c2ccc(C(=O)NCC3CCCO3)cc2)n1. The minimum atomic E-state index is -0.114. The van der Waals surface area contributed by atoms with Crippen LogP contribution in [0.5, 0.6) is 0 Å². The normalized spacial score (nSPS) is 16.5. The first kappa shape index (κ1) is 18.1. The molecule has 2 heterocycles. The van der Waals surface area contributed by atoms with Gasteiger partial charge in [-0.1, -0.05) is 26.0 Å². The van der Waals surface area contributed by atoms with Crippen LogP contribution in [-0.2, 0) is 4.74 Å². The summed E-state index contributed by atoms with van der Waals surface area (Å²) in [6.07, 6.45) is 2.17. The Kier molecular flexibility index (Phi) is 5.65. The number of nitriles is 1. The van der Waals surface area contributed by atoms with Gasteiger partial charge in [-0.2, -0.15) is 5.26 Å². The van der Waals surface area contributed by atoms with E-state index in [9.17, 15) is 10.1 Å². The number of nitrogens with one attached hydrogen (secondary N) is 1. The molecule has 1 aromatic heterocycles. The molecule has 0 spiro atoms. The molecule has 0 radical (unpaired) electrons.